The predicted molar refractivity (Wildman–Crippen MR) is 104 cm³/mol. The minimum absolute atomic E-state index is 0.247. The van der Waals surface area contributed by atoms with E-state index in [2.05, 4.69) is 20.3 Å². The number of carbonyl (C=O) groups is 1. The van der Waals surface area contributed by atoms with E-state index in [9.17, 15) is 4.79 Å². The summed E-state index contributed by atoms with van der Waals surface area (Å²) < 4.78 is 9.37. The van der Waals surface area contributed by atoms with Gasteiger partial charge in [0, 0.05) is 17.3 Å². The molecule has 5 aromatic rings. The maximum atomic E-state index is 12.4. The number of carbonyl (C=O) groups excluding carboxylic acids is 1. The normalized spacial score (nSPS) is 11.5. The molecule has 1 amide bonds. The lowest BCUT2D eigenvalue weighted by Gasteiger charge is -2.00. The fraction of sp³-hybridized carbons (Fsp3) is 0.158. The van der Waals surface area contributed by atoms with Crippen LogP contribution >= 0.6 is 11.3 Å². The summed E-state index contributed by atoms with van der Waals surface area (Å²) in [4.78, 5) is 27.6. The Morgan fingerprint density at radius 1 is 1.25 bits per heavy atom. The van der Waals surface area contributed by atoms with Gasteiger partial charge in [-0.25, -0.2) is 15.0 Å². The topological polar surface area (TPSA) is 90.2 Å². The lowest BCUT2D eigenvalue weighted by molar-refractivity contribution is 0.0945. The number of aryl methyl sites for hydroxylation is 1. The van der Waals surface area contributed by atoms with Gasteiger partial charge in [-0.05, 0) is 19.1 Å². The fourth-order valence-corrected chi connectivity index (χ4v) is 3.90. The van der Waals surface area contributed by atoms with Crippen LogP contribution in [-0.2, 0) is 13.1 Å². The Bertz CT molecular complexity index is 1260. The smallest absolute Gasteiger partial charge is 0.273 e. The number of nitrogens with zero attached hydrogens (tertiary/aromatic N) is 5. The number of rotatable bonds is 5. The number of nitrogens with one attached hydrogen (secondary N) is 1. The van der Waals surface area contributed by atoms with Crippen LogP contribution in [0.15, 0.2) is 53.7 Å². The van der Waals surface area contributed by atoms with Gasteiger partial charge in [0.25, 0.3) is 5.91 Å². The molecule has 0 saturated heterocycles. The highest BCUT2D eigenvalue weighted by molar-refractivity contribution is 7.16. The van der Waals surface area contributed by atoms with Crippen molar-refractivity contribution in [3.05, 3.63) is 71.4 Å². The Morgan fingerprint density at radius 2 is 2.14 bits per heavy atom. The number of hydrogen-bond donors (Lipinski definition) is 1. The predicted octanol–water partition coefficient (Wildman–Crippen LogP) is 3.02. The van der Waals surface area contributed by atoms with E-state index in [1.54, 1.807) is 17.7 Å². The SMILES string of the molecule is Cc1cn2cc(CNC(=O)c3coc(Cn4cnc5ccccc54)n3)nc2s1. The number of para-hydroxylation sites is 2. The Labute approximate surface area is 163 Å². The maximum Gasteiger partial charge on any atom is 0.273 e. The average Bonchev–Trinajstić information content (AvgIpc) is 3.44. The number of oxazole rings is 1. The minimum Gasteiger partial charge on any atom is -0.446 e. The molecule has 0 aliphatic heterocycles. The summed E-state index contributed by atoms with van der Waals surface area (Å²) in [5, 5.41) is 2.83. The molecule has 4 aromatic heterocycles. The highest BCUT2D eigenvalue weighted by Crippen LogP contribution is 2.17. The molecule has 9 heteroatoms. The molecule has 5 rings (SSSR count). The standard InChI is InChI=1S/C19H16N6O2S/c1-12-7-24-8-13(22-19(24)28-12)6-20-18(26)15-10-27-17(23-15)9-25-11-21-14-4-2-3-5-16(14)25/h2-5,7-8,10-11H,6,9H2,1H3,(H,20,26). The molecule has 28 heavy (non-hydrogen) atoms. The second kappa shape index (κ2) is 6.61. The fourth-order valence-electron chi connectivity index (χ4n) is 3.08. The molecule has 1 aromatic carbocycles. The first kappa shape index (κ1) is 16.7. The Morgan fingerprint density at radius 3 is 3.04 bits per heavy atom. The van der Waals surface area contributed by atoms with Gasteiger partial charge in [0.15, 0.2) is 10.7 Å². The van der Waals surface area contributed by atoms with Crippen molar-refractivity contribution in [2.75, 3.05) is 0 Å². The molecular formula is C19H16N6O2S. The van der Waals surface area contributed by atoms with Gasteiger partial charge in [0.1, 0.15) is 12.8 Å². The first-order chi connectivity index (χ1) is 13.7. The molecule has 8 nitrogen and oxygen atoms in total. The van der Waals surface area contributed by atoms with Crippen LogP contribution in [-0.4, -0.2) is 29.8 Å². The van der Waals surface area contributed by atoms with Crippen LogP contribution in [0.25, 0.3) is 16.0 Å². The van der Waals surface area contributed by atoms with Gasteiger partial charge in [-0.3, -0.25) is 9.20 Å². The molecule has 0 bridgehead atoms. The number of imidazole rings is 2. The number of thiazole rings is 1. The van der Waals surface area contributed by atoms with Gasteiger partial charge in [-0.2, -0.15) is 0 Å². The number of benzene rings is 1. The van der Waals surface area contributed by atoms with Crippen LogP contribution in [0.1, 0.15) is 27.0 Å². The zero-order chi connectivity index (χ0) is 19.1. The van der Waals surface area contributed by atoms with E-state index < -0.39 is 0 Å². The molecule has 0 aliphatic carbocycles. The van der Waals surface area contributed by atoms with Crippen LogP contribution in [0.3, 0.4) is 0 Å². The lowest BCUT2D eigenvalue weighted by atomic mass is 10.3. The van der Waals surface area contributed by atoms with E-state index >= 15 is 0 Å². The summed E-state index contributed by atoms with van der Waals surface area (Å²) >= 11 is 1.61. The zero-order valence-electron chi connectivity index (χ0n) is 15.0. The summed E-state index contributed by atoms with van der Waals surface area (Å²) in [5.74, 6) is 0.157. The van der Waals surface area contributed by atoms with Crippen LogP contribution in [0.4, 0.5) is 0 Å². The van der Waals surface area contributed by atoms with E-state index in [1.807, 2.05) is 52.6 Å². The summed E-state index contributed by atoms with van der Waals surface area (Å²) in [7, 11) is 0. The largest absolute Gasteiger partial charge is 0.446 e. The van der Waals surface area contributed by atoms with Crippen molar-refractivity contribution < 1.29 is 9.21 Å². The number of amides is 1. The Kier molecular flexibility index (Phi) is 3.94. The molecule has 0 spiro atoms. The molecule has 0 radical (unpaired) electrons. The van der Waals surface area contributed by atoms with Crippen molar-refractivity contribution >= 4 is 33.2 Å². The Hall–Kier alpha value is -3.46. The highest BCUT2D eigenvalue weighted by atomic mass is 32.1. The summed E-state index contributed by atoms with van der Waals surface area (Å²) in [6, 6.07) is 7.83. The third kappa shape index (κ3) is 3.05. The molecule has 1 N–H and O–H groups in total. The molecule has 0 atom stereocenters. The van der Waals surface area contributed by atoms with E-state index in [4.69, 9.17) is 4.42 Å². The second-order valence-electron chi connectivity index (χ2n) is 6.43. The van der Waals surface area contributed by atoms with Gasteiger partial charge in [0.05, 0.1) is 29.6 Å². The first-order valence-electron chi connectivity index (χ1n) is 8.72. The van der Waals surface area contributed by atoms with Crippen molar-refractivity contribution in [3.63, 3.8) is 0 Å². The van der Waals surface area contributed by atoms with Gasteiger partial charge in [0.2, 0.25) is 5.89 Å². The van der Waals surface area contributed by atoms with E-state index in [0.717, 1.165) is 21.7 Å². The van der Waals surface area contributed by atoms with Crippen molar-refractivity contribution in [3.8, 4) is 0 Å². The second-order valence-corrected chi connectivity index (χ2v) is 7.65. The van der Waals surface area contributed by atoms with Crippen LogP contribution in [0, 0.1) is 6.92 Å². The van der Waals surface area contributed by atoms with Crippen molar-refractivity contribution in [1.29, 1.82) is 0 Å². The van der Waals surface area contributed by atoms with Crippen molar-refractivity contribution in [2.45, 2.75) is 20.0 Å². The van der Waals surface area contributed by atoms with Crippen LogP contribution in [0.2, 0.25) is 0 Å². The summed E-state index contributed by atoms with van der Waals surface area (Å²) in [5.41, 5.74) is 2.94. The Balaban J connectivity index is 1.26. The third-order valence-corrected chi connectivity index (χ3v) is 5.28. The molecular weight excluding hydrogens is 376 g/mol. The molecule has 140 valence electrons. The zero-order valence-corrected chi connectivity index (χ0v) is 15.8. The number of aromatic nitrogens is 5. The maximum absolute atomic E-state index is 12.4. The molecule has 0 fully saturated rings. The van der Waals surface area contributed by atoms with Gasteiger partial charge < -0.3 is 14.3 Å². The monoisotopic (exact) mass is 392 g/mol. The molecule has 0 saturated carbocycles. The lowest BCUT2D eigenvalue weighted by Crippen LogP contribution is -2.23. The van der Waals surface area contributed by atoms with E-state index in [1.165, 1.54) is 11.1 Å². The van der Waals surface area contributed by atoms with E-state index in [0.29, 0.717) is 19.0 Å². The number of hydrogen-bond acceptors (Lipinski definition) is 6. The highest BCUT2D eigenvalue weighted by Gasteiger charge is 2.14. The summed E-state index contributed by atoms with van der Waals surface area (Å²) in [6.45, 7) is 2.78. The van der Waals surface area contributed by atoms with Gasteiger partial charge in [-0.1, -0.05) is 12.1 Å². The van der Waals surface area contributed by atoms with Crippen LogP contribution < -0.4 is 5.32 Å². The first-order valence-corrected chi connectivity index (χ1v) is 9.54. The third-order valence-electron chi connectivity index (χ3n) is 4.37. The van der Waals surface area contributed by atoms with E-state index in [-0.39, 0.29) is 11.6 Å². The quantitative estimate of drug-likeness (QED) is 0.497. The van der Waals surface area contributed by atoms with Gasteiger partial charge >= 0.3 is 0 Å². The van der Waals surface area contributed by atoms with Crippen LogP contribution in [0.5, 0.6) is 0 Å². The van der Waals surface area contributed by atoms with Crippen molar-refractivity contribution in [1.82, 2.24) is 29.2 Å². The average molecular weight is 392 g/mol. The molecule has 0 unspecified atom stereocenters. The number of fused-ring (bicyclic) bond motifs is 2. The minimum atomic E-state index is -0.293. The summed E-state index contributed by atoms with van der Waals surface area (Å²) in [6.07, 6.45) is 7.04. The van der Waals surface area contributed by atoms with Crippen molar-refractivity contribution in [2.24, 2.45) is 0 Å². The van der Waals surface area contributed by atoms with Gasteiger partial charge in [-0.15, -0.1) is 11.3 Å². The molecule has 4 heterocycles. The molecule has 0 aliphatic rings.